The fourth-order valence-corrected chi connectivity index (χ4v) is 1.62. The van der Waals surface area contributed by atoms with Crippen LogP contribution in [0.1, 0.15) is 18.1 Å². The van der Waals surface area contributed by atoms with Gasteiger partial charge in [-0.25, -0.2) is 0 Å². The molecule has 17 heavy (non-hydrogen) atoms. The van der Waals surface area contributed by atoms with Crippen LogP contribution in [0.4, 0.5) is 5.69 Å². The van der Waals surface area contributed by atoms with Gasteiger partial charge in [0.2, 0.25) is 0 Å². The molecule has 1 unspecified atom stereocenters. The smallest absolute Gasteiger partial charge is 0.258 e. The highest BCUT2D eigenvalue weighted by Gasteiger charge is 2.32. The summed E-state index contributed by atoms with van der Waals surface area (Å²) in [5.41, 5.74) is 2.17. The highest BCUT2D eigenvalue weighted by atomic mass is 16.2. The van der Waals surface area contributed by atoms with E-state index in [0.29, 0.717) is 0 Å². The van der Waals surface area contributed by atoms with Crippen LogP contribution in [0, 0.1) is 13.8 Å². The lowest BCUT2D eigenvalue weighted by Crippen LogP contribution is -2.35. The van der Waals surface area contributed by atoms with Crippen LogP contribution in [0.5, 0.6) is 0 Å². The van der Waals surface area contributed by atoms with Gasteiger partial charge in [-0.1, -0.05) is 12.1 Å². The zero-order valence-electron chi connectivity index (χ0n) is 10.2. The molecule has 1 amide bonds. The van der Waals surface area contributed by atoms with Crippen LogP contribution in [-0.2, 0) is 4.79 Å². The third-order valence-corrected chi connectivity index (χ3v) is 3.04. The van der Waals surface area contributed by atoms with Crippen LogP contribution < -0.4 is 5.32 Å². The third kappa shape index (κ3) is 2.11. The van der Waals surface area contributed by atoms with Crippen molar-refractivity contribution in [3.05, 3.63) is 41.6 Å². The number of carbonyl (C=O) groups is 1. The van der Waals surface area contributed by atoms with Crippen LogP contribution in [0.3, 0.4) is 0 Å². The monoisotopic (exact) mass is 229 g/mol. The molecule has 4 heteroatoms. The number of carbonyl (C=O) groups excluding carboxylic acids is 1. The fraction of sp³-hybridized carbons (Fsp3) is 0.308. The molecule has 1 aliphatic heterocycles. The van der Waals surface area contributed by atoms with Crippen molar-refractivity contribution in [2.45, 2.75) is 26.3 Å². The lowest BCUT2D eigenvalue weighted by Gasteiger charge is -2.17. The Hall–Kier alpha value is -1.97. The van der Waals surface area contributed by atoms with Crippen molar-refractivity contribution in [1.82, 2.24) is 0 Å². The average molecular weight is 229 g/mol. The van der Waals surface area contributed by atoms with Crippen molar-refractivity contribution < 1.29 is 4.79 Å². The molecule has 2 rings (SSSR count). The van der Waals surface area contributed by atoms with Gasteiger partial charge in [0, 0.05) is 11.9 Å². The summed E-state index contributed by atoms with van der Waals surface area (Å²) < 4.78 is 0. The Morgan fingerprint density at radius 1 is 1.35 bits per heavy atom. The first kappa shape index (κ1) is 11.5. The molecular formula is C13H15N3O. The highest BCUT2D eigenvalue weighted by Crippen LogP contribution is 2.23. The molecule has 1 N–H and O–H groups in total. The molecule has 1 aromatic rings. The second-order valence-corrected chi connectivity index (χ2v) is 4.38. The molecule has 0 spiro atoms. The van der Waals surface area contributed by atoms with Crippen molar-refractivity contribution in [2.24, 2.45) is 10.2 Å². The Morgan fingerprint density at radius 3 is 2.76 bits per heavy atom. The third-order valence-electron chi connectivity index (χ3n) is 3.04. The van der Waals surface area contributed by atoms with Crippen LogP contribution in [0.2, 0.25) is 0 Å². The molecular weight excluding hydrogens is 214 g/mol. The maximum Gasteiger partial charge on any atom is 0.258 e. The summed E-state index contributed by atoms with van der Waals surface area (Å²) in [5.74, 6) is -0.163. The van der Waals surface area contributed by atoms with Gasteiger partial charge in [0.05, 0.1) is 0 Å². The van der Waals surface area contributed by atoms with Crippen molar-refractivity contribution in [3.8, 4) is 0 Å². The Kier molecular flexibility index (Phi) is 2.79. The molecule has 0 saturated carbocycles. The second kappa shape index (κ2) is 4.13. The van der Waals surface area contributed by atoms with E-state index in [4.69, 9.17) is 0 Å². The number of aryl methyl sites for hydroxylation is 1. The van der Waals surface area contributed by atoms with Crippen LogP contribution in [-0.4, -0.2) is 11.4 Å². The minimum absolute atomic E-state index is 0.163. The molecule has 0 aliphatic carbocycles. The van der Waals surface area contributed by atoms with Crippen molar-refractivity contribution in [1.29, 1.82) is 0 Å². The molecule has 0 aromatic heterocycles. The first-order valence-corrected chi connectivity index (χ1v) is 5.50. The quantitative estimate of drug-likeness (QED) is 0.832. The van der Waals surface area contributed by atoms with Gasteiger partial charge in [-0.3, -0.25) is 4.79 Å². The van der Waals surface area contributed by atoms with Crippen molar-refractivity contribution >= 4 is 11.6 Å². The summed E-state index contributed by atoms with van der Waals surface area (Å²) in [4.78, 5) is 12.1. The Bertz CT molecular complexity index is 505. The normalized spacial score (nSPS) is 21.8. The second-order valence-electron chi connectivity index (χ2n) is 4.38. The maximum atomic E-state index is 12.1. The number of nitrogens with one attached hydrogen (secondary N) is 1. The molecule has 1 aromatic carbocycles. The zero-order chi connectivity index (χ0) is 12.5. The molecule has 0 fully saturated rings. The minimum Gasteiger partial charge on any atom is -0.323 e. The summed E-state index contributed by atoms with van der Waals surface area (Å²) in [6, 6.07) is 5.83. The van der Waals surface area contributed by atoms with E-state index in [1.807, 2.05) is 32.0 Å². The topological polar surface area (TPSA) is 53.8 Å². The number of amides is 1. The van der Waals surface area contributed by atoms with E-state index in [1.165, 1.54) is 0 Å². The van der Waals surface area contributed by atoms with E-state index >= 15 is 0 Å². The standard InChI is InChI=1S/C13H15N3O/c1-9-5-4-6-11(10(9)2)15-12(17)13(3)7-8-14-16-13/h4-8H,1-3H3,(H,15,17). The number of nitrogens with zero attached hydrogens (tertiary/aromatic N) is 2. The van der Waals surface area contributed by atoms with Crippen molar-refractivity contribution in [2.75, 3.05) is 5.32 Å². The van der Waals surface area contributed by atoms with Gasteiger partial charge < -0.3 is 5.32 Å². The van der Waals surface area contributed by atoms with E-state index in [2.05, 4.69) is 15.5 Å². The molecule has 1 heterocycles. The Labute approximate surface area is 100 Å². The summed E-state index contributed by atoms with van der Waals surface area (Å²) in [6.07, 6.45) is 3.23. The van der Waals surface area contributed by atoms with Gasteiger partial charge >= 0.3 is 0 Å². The number of azo groups is 1. The summed E-state index contributed by atoms with van der Waals surface area (Å²) in [5, 5.41) is 10.5. The Morgan fingerprint density at radius 2 is 2.12 bits per heavy atom. The van der Waals surface area contributed by atoms with E-state index < -0.39 is 5.54 Å². The molecule has 1 aliphatic rings. The predicted molar refractivity (Wildman–Crippen MR) is 66.9 cm³/mol. The van der Waals surface area contributed by atoms with E-state index in [-0.39, 0.29) is 5.91 Å². The lowest BCUT2D eigenvalue weighted by atomic mass is 10.0. The number of benzene rings is 1. The first-order valence-electron chi connectivity index (χ1n) is 5.50. The molecule has 4 nitrogen and oxygen atoms in total. The molecule has 0 bridgehead atoms. The molecule has 88 valence electrons. The van der Waals surface area contributed by atoms with Gasteiger partial charge in [0.25, 0.3) is 5.91 Å². The fourth-order valence-electron chi connectivity index (χ4n) is 1.62. The van der Waals surface area contributed by atoms with Gasteiger partial charge in [-0.2, -0.15) is 10.2 Å². The molecule has 0 saturated heterocycles. The molecule has 0 radical (unpaired) electrons. The Balaban J connectivity index is 2.22. The number of rotatable bonds is 2. The summed E-state index contributed by atoms with van der Waals surface area (Å²) in [6.45, 7) is 5.74. The lowest BCUT2D eigenvalue weighted by molar-refractivity contribution is -0.119. The zero-order valence-corrected chi connectivity index (χ0v) is 10.2. The summed E-state index contributed by atoms with van der Waals surface area (Å²) in [7, 11) is 0. The summed E-state index contributed by atoms with van der Waals surface area (Å²) >= 11 is 0. The van der Waals surface area contributed by atoms with E-state index in [1.54, 1.807) is 19.2 Å². The van der Waals surface area contributed by atoms with Crippen molar-refractivity contribution in [3.63, 3.8) is 0 Å². The van der Waals surface area contributed by atoms with Gasteiger partial charge in [-0.15, -0.1) is 0 Å². The van der Waals surface area contributed by atoms with Crippen LogP contribution in [0.15, 0.2) is 40.7 Å². The van der Waals surface area contributed by atoms with Crippen LogP contribution in [0.25, 0.3) is 0 Å². The number of hydrogen-bond donors (Lipinski definition) is 1. The average Bonchev–Trinajstić information content (AvgIpc) is 2.73. The number of anilines is 1. The molecule has 1 atom stereocenters. The SMILES string of the molecule is Cc1cccc(NC(=O)C2(C)C=CN=N2)c1C. The number of hydrogen-bond acceptors (Lipinski definition) is 3. The van der Waals surface area contributed by atoms with Crippen LogP contribution >= 0.6 is 0 Å². The predicted octanol–water partition coefficient (Wildman–Crippen LogP) is 2.98. The van der Waals surface area contributed by atoms with E-state index in [0.717, 1.165) is 16.8 Å². The maximum absolute atomic E-state index is 12.1. The minimum atomic E-state index is -0.879. The highest BCUT2D eigenvalue weighted by molar-refractivity contribution is 6.00. The van der Waals surface area contributed by atoms with Gasteiger partial charge in [0.1, 0.15) is 0 Å². The van der Waals surface area contributed by atoms with Gasteiger partial charge in [0.15, 0.2) is 5.54 Å². The van der Waals surface area contributed by atoms with Gasteiger partial charge in [-0.05, 0) is 44.0 Å². The largest absolute Gasteiger partial charge is 0.323 e. The van der Waals surface area contributed by atoms with E-state index in [9.17, 15) is 4.79 Å². The first-order chi connectivity index (χ1) is 8.03.